The number of aliphatic hydroxyl groups excluding tert-OH is 1. The highest BCUT2D eigenvalue weighted by molar-refractivity contribution is 8.02. The van der Waals surface area contributed by atoms with E-state index >= 15 is 0 Å². The van der Waals surface area contributed by atoms with E-state index in [2.05, 4.69) is 17.6 Å². The van der Waals surface area contributed by atoms with Gasteiger partial charge in [-0.05, 0) is 45.4 Å². The van der Waals surface area contributed by atoms with Crippen LogP contribution >= 0.6 is 11.8 Å². The third-order valence-electron chi connectivity index (χ3n) is 6.83. The van der Waals surface area contributed by atoms with Crippen molar-refractivity contribution in [2.24, 2.45) is 23.7 Å². The molecule has 8 heteroatoms. The third kappa shape index (κ3) is 3.53. The normalized spacial score (nSPS) is 36.2. The first-order valence-electron chi connectivity index (χ1n) is 11.0. The molecule has 170 valence electrons. The van der Waals surface area contributed by atoms with E-state index in [1.807, 2.05) is 34.6 Å². The molecule has 3 fully saturated rings. The molecule has 2 bridgehead atoms. The molecule has 0 aromatic carbocycles. The van der Waals surface area contributed by atoms with Crippen LogP contribution < -0.4 is 10.6 Å². The Kier molecular flexibility index (Phi) is 6.24. The summed E-state index contributed by atoms with van der Waals surface area (Å²) >= 11 is 1.66. The summed E-state index contributed by atoms with van der Waals surface area (Å²) in [5.41, 5.74) is -0.446. The first-order valence-corrected chi connectivity index (χ1v) is 11.9. The molecule has 3 aliphatic heterocycles. The average Bonchev–Trinajstić information content (AvgIpc) is 3.21. The molecule has 0 aromatic rings. The zero-order valence-corrected chi connectivity index (χ0v) is 20.0. The van der Waals surface area contributed by atoms with Crippen LogP contribution in [0.15, 0.2) is 0 Å². The number of carbonyl (C=O) groups is 3. The maximum absolute atomic E-state index is 13.9. The molecular weight excluding hydrogens is 402 g/mol. The summed E-state index contributed by atoms with van der Waals surface area (Å²) in [7, 11) is 1.60. The fourth-order valence-corrected chi connectivity index (χ4v) is 8.29. The fraction of sp³-hybridized carbons (Fsp3) is 0.864. The maximum atomic E-state index is 13.9. The van der Waals surface area contributed by atoms with E-state index in [0.29, 0.717) is 6.42 Å². The van der Waals surface area contributed by atoms with Crippen LogP contribution in [0.5, 0.6) is 0 Å². The number of likely N-dealkylation sites (tertiary alicyclic amines) is 1. The monoisotopic (exact) mass is 439 g/mol. The summed E-state index contributed by atoms with van der Waals surface area (Å²) in [4.78, 5) is 41.9. The molecule has 3 unspecified atom stereocenters. The van der Waals surface area contributed by atoms with Gasteiger partial charge < -0.3 is 20.6 Å². The van der Waals surface area contributed by atoms with Crippen molar-refractivity contribution in [1.29, 1.82) is 0 Å². The van der Waals surface area contributed by atoms with Crippen LogP contribution in [0.25, 0.3) is 0 Å². The minimum absolute atomic E-state index is 0.0404. The molecule has 3 aliphatic rings. The highest BCUT2D eigenvalue weighted by Crippen LogP contribution is 2.68. The van der Waals surface area contributed by atoms with E-state index in [4.69, 9.17) is 0 Å². The molecule has 3 amide bonds. The molecule has 1 spiro atoms. The third-order valence-corrected chi connectivity index (χ3v) is 8.90. The number of thioether (sulfide) groups is 1. The Morgan fingerprint density at radius 2 is 1.93 bits per heavy atom. The van der Waals surface area contributed by atoms with E-state index in [-0.39, 0.29) is 41.4 Å². The van der Waals surface area contributed by atoms with E-state index < -0.39 is 34.2 Å². The van der Waals surface area contributed by atoms with Crippen LogP contribution in [0.4, 0.5) is 0 Å². The lowest BCUT2D eigenvalue weighted by molar-refractivity contribution is -0.143. The van der Waals surface area contributed by atoms with Crippen molar-refractivity contribution in [2.45, 2.75) is 82.0 Å². The molecule has 30 heavy (non-hydrogen) atoms. The highest BCUT2D eigenvalue weighted by Gasteiger charge is 2.76. The zero-order valence-electron chi connectivity index (χ0n) is 19.2. The van der Waals surface area contributed by atoms with Crippen LogP contribution in [-0.4, -0.2) is 69.0 Å². The van der Waals surface area contributed by atoms with Gasteiger partial charge in [-0.25, -0.2) is 0 Å². The number of aliphatic hydroxyl groups is 1. The molecule has 3 rings (SSSR count). The quantitative estimate of drug-likeness (QED) is 0.581. The number of nitrogens with one attached hydrogen (secondary N) is 2. The predicted molar refractivity (Wildman–Crippen MR) is 118 cm³/mol. The summed E-state index contributed by atoms with van der Waals surface area (Å²) < 4.78 is -0.640. The summed E-state index contributed by atoms with van der Waals surface area (Å²) in [5, 5.41) is 16.1. The summed E-state index contributed by atoms with van der Waals surface area (Å²) in [6, 6.07) is -1.13. The van der Waals surface area contributed by atoms with Crippen LogP contribution in [0.1, 0.15) is 54.4 Å². The second-order valence-corrected chi connectivity index (χ2v) is 12.2. The minimum atomic E-state index is -0.690. The second-order valence-electron chi connectivity index (χ2n) is 10.6. The van der Waals surface area contributed by atoms with Gasteiger partial charge in [-0.3, -0.25) is 14.4 Å². The van der Waals surface area contributed by atoms with Gasteiger partial charge >= 0.3 is 0 Å². The first-order chi connectivity index (χ1) is 13.9. The van der Waals surface area contributed by atoms with E-state index in [9.17, 15) is 19.5 Å². The van der Waals surface area contributed by atoms with Crippen LogP contribution in [-0.2, 0) is 14.4 Å². The molecule has 7 atom stereocenters. The van der Waals surface area contributed by atoms with Gasteiger partial charge in [-0.15, -0.1) is 11.8 Å². The fourth-order valence-electron chi connectivity index (χ4n) is 5.88. The van der Waals surface area contributed by atoms with Crippen molar-refractivity contribution in [3.05, 3.63) is 0 Å². The summed E-state index contributed by atoms with van der Waals surface area (Å²) in [5.74, 6) is -1.04. The standard InChI is InChI=1S/C22H37N3O4S/c1-11(2)8-13(10-26)25-17(19(28)24-21(4,5)6)22-12(3)9-14(30-22)15(18(27)23-7)16(22)20(25)29/h11-17,26H,8-10H2,1-7H3,(H,23,27)(H,24,28)/t12?,13-,14+,15-,16+,17?,22?/m1/s1. The second kappa shape index (κ2) is 8.01. The minimum Gasteiger partial charge on any atom is -0.394 e. The van der Waals surface area contributed by atoms with Gasteiger partial charge in [-0.1, -0.05) is 20.8 Å². The Hall–Kier alpha value is -1.28. The average molecular weight is 440 g/mol. The van der Waals surface area contributed by atoms with E-state index in [1.165, 1.54) is 0 Å². The van der Waals surface area contributed by atoms with E-state index in [0.717, 1.165) is 6.42 Å². The topological polar surface area (TPSA) is 98.7 Å². The number of hydrogen-bond donors (Lipinski definition) is 3. The summed E-state index contributed by atoms with van der Waals surface area (Å²) in [6.45, 7) is 11.8. The number of amides is 3. The van der Waals surface area contributed by atoms with Crippen molar-refractivity contribution < 1.29 is 19.5 Å². The smallest absolute Gasteiger partial charge is 0.244 e. The lowest BCUT2D eigenvalue weighted by Crippen LogP contribution is -2.60. The molecule has 0 aliphatic carbocycles. The van der Waals surface area contributed by atoms with Gasteiger partial charge in [0.05, 0.1) is 29.2 Å². The largest absolute Gasteiger partial charge is 0.394 e. The van der Waals surface area contributed by atoms with E-state index in [1.54, 1.807) is 23.7 Å². The Morgan fingerprint density at radius 1 is 1.30 bits per heavy atom. The lowest BCUT2D eigenvalue weighted by atomic mass is 9.66. The van der Waals surface area contributed by atoms with Crippen LogP contribution in [0, 0.1) is 23.7 Å². The maximum Gasteiger partial charge on any atom is 0.244 e. The zero-order chi connectivity index (χ0) is 22.6. The van der Waals surface area contributed by atoms with Crippen LogP contribution in [0.3, 0.4) is 0 Å². The van der Waals surface area contributed by atoms with Gasteiger partial charge in [0, 0.05) is 17.8 Å². The summed E-state index contributed by atoms with van der Waals surface area (Å²) in [6.07, 6.45) is 1.42. The number of fused-ring (bicyclic) bond motifs is 1. The molecule has 0 radical (unpaired) electrons. The Morgan fingerprint density at radius 3 is 2.43 bits per heavy atom. The van der Waals surface area contributed by atoms with Gasteiger partial charge in [0.1, 0.15) is 6.04 Å². The van der Waals surface area contributed by atoms with Gasteiger partial charge in [0.2, 0.25) is 17.7 Å². The molecule has 7 nitrogen and oxygen atoms in total. The number of nitrogens with zero attached hydrogens (tertiary/aromatic N) is 1. The van der Waals surface area contributed by atoms with Crippen molar-refractivity contribution in [3.63, 3.8) is 0 Å². The molecule has 3 N–H and O–H groups in total. The van der Waals surface area contributed by atoms with Gasteiger partial charge in [0.15, 0.2) is 0 Å². The van der Waals surface area contributed by atoms with Crippen molar-refractivity contribution in [1.82, 2.24) is 15.5 Å². The molecule has 0 aromatic heterocycles. The Labute approximate surface area is 184 Å². The molecule has 0 saturated carbocycles. The highest BCUT2D eigenvalue weighted by atomic mass is 32.2. The Bertz CT molecular complexity index is 722. The molecule has 3 saturated heterocycles. The SMILES string of the molecule is CNC(=O)[C@@H]1[C@@H]2CC(C)C3(S2)C(C(=O)NC(C)(C)C)N([C@@H](CO)CC(C)C)C(=O)[C@H]13. The Balaban J connectivity index is 2.12. The van der Waals surface area contributed by atoms with Gasteiger partial charge in [0.25, 0.3) is 0 Å². The van der Waals surface area contributed by atoms with Gasteiger partial charge in [-0.2, -0.15) is 0 Å². The number of rotatable bonds is 6. The predicted octanol–water partition coefficient (Wildman–Crippen LogP) is 1.39. The number of hydrogen-bond acceptors (Lipinski definition) is 5. The van der Waals surface area contributed by atoms with Crippen molar-refractivity contribution in [3.8, 4) is 0 Å². The number of carbonyl (C=O) groups excluding carboxylic acids is 3. The van der Waals surface area contributed by atoms with Crippen molar-refractivity contribution in [2.75, 3.05) is 13.7 Å². The molecule has 3 heterocycles. The van der Waals surface area contributed by atoms with Crippen molar-refractivity contribution >= 4 is 29.5 Å². The lowest BCUT2D eigenvalue weighted by Gasteiger charge is -2.41. The molecular formula is C22H37N3O4S. The van der Waals surface area contributed by atoms with Crippen LogP contribution in [0.2, 0.25) is 0 Å². The first kappa shape index (κ1) is 23.4.